The van der Waals surface area contributed by atoms with Gasteiger partial charge >= 0.3 is 0 Å². The Morgan fingerprint density at radius 3 is 2.73 bits per heavy atom. The highest BCUT2D eigenvalue weighted by Crippen LogP contribution is 2.35. The highest BCUT2D eigenvalue weighted by molar-refractivity contribution is 6.30. The molecular weight excluding hydrogens is 396 g/mol. The standard InChI is InChI=1S/C24H27ClN4O/c1-16(26)24-21-7-2-18(17-9-12-29(15-30)13-10-17)14-22(21)23(8-11-27-24)28-20-5-3-19(25)4-6-20/h2-7,9,14-15,23,27-28H,8,10-13,26H2,1H3/b24-16-. The minimum atomic E-state index is 0.140. The van der Waals surface area contributed by atoms with Crippen molar-refractivity contribution in [3.63, 3.8) is 0 Å². The van der Waals surface area contributed by atoms with Crippen LogP contribution in [-0.4, -0.2) is 30.9 Å². The maximum Gasteiger partial charge on any atom is 0.209 e. The van der Waals surface area contributed by atoms with Gasteiger partial charge in [-0.25, -0.2) is 0 Å². The fourth-order valence-electron chi connectivity index (χ4n) is 4.16. The number of allylic oxidation sites excluding steroid dienone is 1. The number of halogens is 1. The minimum absolute atomic E-state index is 0.140. The van der Waals surface area contributed by atoms with E-state index < -0.39 is 0 Å². The van der Waals surface area contributed by atoms with Gasteiger partial charge in [0.05, 0.1) is 11.7 Å². The number of carbonyl (C=O) groups is 1. The quantitative estimate of drug-likeness (QED) is 0.639. The molecular formula is C24H27ClN4O. The molecule has 0 radical (unpaired) electrons. The minimum Gasteiger partial charge on any atom is -0.401 e. The van der Waals surface area contributed by atoms with E-state index in [-0.39, 0.29) is 6.04 Å². The lowest BCUT2D eigenvalue weighted by Crippen LogP contribution is -2.26. The molecule has 2 aliphatic rings. The first-order valence-corrected chi connectivity index (χ1v) is 10.7. The van der Waals surface area contributed by atoms with Gasteiger partial charge in [-0.3, -0.25) is 4.79 Å². The van der Waals surface area contributed by atoms with Gasteiger partial charge in [-0.15, -0.1) is 0 Å². The summed E-state index contributed by atoms with van der Waals surface area (Å²) in [6.07, 6.45) is 4.86. The van der Waals surface area contributed by atoms with E-state index in [1.807, 2.05) is 31.2 Å². The maximum absolute atomic E-state index is 11.0. The number of nitrogens with zero attached hydrogens (tertiary/aromatic N) is 1. The average molecular weight is 423 g/mol. The SMILES string of the molecule is C/C(N)=C1/NCCC(Nc2ccc(Cl)cc2)c2cc(C3=CCN(C=O)CC3)ccc21. The second-order valence-electron chi connectivity index (χ2n) is 7.86. The molecule has 1 unspecified atom stereocenters. The Morgan fingerprint density at radius 1 is 1.27 bits per heavy atom. The number of benzene rings is 2. The van der Waals surface area contributed by atoms with Crippen molar-refractivity contribution >= 4 is 35.0 Å². The van der Waals surface area contributed by atoms with E-state index in [4.69, 9.17) is 17.3 Å². The number of fused-ring (bicyclic) bond motifs is 1. The van der Waals surface area contributed by atoms with Gasteiger partial charge in [0.25, 0.3) is 0 Å². The number of hydrogen-bond acceptors (Lipinski definition) is 4. The molecule has 4 rings (SSSR count). The first-order chi connectivity index (χ1) is 14.5. The van der Waals surface area contributed by atoms with Crippen molar-refractivity contribution in [2.45, 2.75) is 25.8 Å². The van der Waals surface area contributed by atoms with Gasteiger partial charge in [-0.1, -0.05) is 29.8 Å². The number of nitrogens with one attached hydrogen (secondary N) is 2. The molecule has 1 atom stereocenters. The first kappa shape index (κ1) is 20.4. The summed E-state index contributed by atoms with van der Waals surface area (Å²) in [6.45, 7) is 4.19. The van der Waals surface area contributed by atoms with Gasteiger partial charge in [-0.05, 0) is 66.8 Å². The van der Waals surface area contributed by atoms with E-state index in [1.165, 1.54) is 16.7 Å². The third-order valence-electron chi connectivity index (χ3n) is 5.77. The largest absolute Gasteiger partial charge is 0.401 e. The Labute approximate surface area is 182 Å². The summed E-state index contributed by atoms with van der Waals surface area (Å²) < 4.78 is 0. The third kappa shape index (κ3) is 4.31. The molecule has 156 valence electrons. The number of hydrogen-bond donors (Lipinski definition) is 3. The molecule has 1 amide bonds. The molecule has 0 bridgehead atoms. The van der Waals surface area contributed by atoms with E-state index in [0.29, 0.717) is 6.54 Å². The molecule has 0 fully saturated rings. The molecule has 0 saturated heterocycles. The van der Waals surface area contributed by atoms with E-state index >= 15 is 0 Å². The van der Waals surface area contributed by atoms with Crippen LogP contribution in [0.25, 0.3) is 11.3 Å². The van der Waals surface area contributed by atoms with Crippen LogP contribution in [0.1, 0.15) is 42.5 Å². The van der Waals surface area contributed by atoms with Crippen LogP contribution in [0.2, 0.25) is 5.02 Å². The van der Waals surface area contributed by atoms with Crippen LogP contribution < -0.4 is 16.4 Å². The van der Waals surface area contributed by atoms with Gasteiger partial charge < -0.3 is 21.3 Å². The molecule has 30 heavy (non-hydrogen) atoms. The van der Waals surface area contributed by atoms with Crippen LogP contribution in [0.4, 0.5) is 5.69 Å². The van der Waals surface area contributed by atoms with Crippen LogP contribution >= 0.6 is 11.6 Å². The number of rotatable bonds is 4. The lowest BCUT2D eigenvalue weighted by atomic mass is 9.90. The highest BCUT2D eigenvalue weighted by Gasteiger charge is 2.23. The molecule has 0 aromatic heterocycles. The lowest BCUT2D eigenvalue weighted by molar-refractivity contribution is -0.117. The summed E-state index contributed by atoms with van der Waals surface area (Å²) in [5, 5.41) is 7.91. The topological polar surface area (TPSA) is 70.4 Å². The molecule has 2 aromatic rings. The second-order valence-corrected chi connectivity index (χ2v) is 8.30. The highest BCUT2D eigenvalue weighted by atomic mass is 35.5. The predicted octanol–water partition coefficient (Wildman–Crippen LogP) is 4.38. The van der Waals surface area contributed by atoms with Crippen LogP contribution in [-0.2, 0) is 4.79 Å². The van der Waals surface area contributed by atoms with Crippen molar-refractivity contribution in [2.24, 2.45) is 5.73 Å². The van der Waals surface area contributed by atoms with Gasteiger partial charge in [0.1, 0.15) is 0 Å². The second kappa shape index (κ2) is 8.84. The number of carbonyl (C=O) groups excluding carboxylic acids is 1. The van der Waals surface area contributed by atoms with Crippen molar-refractivity contribution in [2.75, 3.05) is 25.0 Å². The van der Waals surface area contributed by atoms with Gasteiger partial charge in [-0.2, -0.15) is 0 Å². The fraction of sp³-hybridized carbons (Fsp3) is 0.292. The molecule has 0 spiro atoms. The van der Waals surface area contributed by atoms with Crippen molar-refractivity contribution in [3.8, 4) is 0 Å². The Bertz CT molecular complexity index is 993. The van der Waals surface area contributed by atoms with Gasteiger partial charge in [0, 0.05) is 41.6 Å². The maximum atomic E-state index is 11.0. The van der Waals surface area contributed by atoms with Crippen LogP contribution in [0.3, 0.4) is 0 Å². The fourth-order valence-corrected chi connectivity index (χ4v) is 4.29. The molecule has 2 aliphatic heterocycles. The van der Waals surface area contributed by atoms with Crippen molar-refractivity contribution in [3.05, 3.63) is 76.0 Å². The summed E-state index contributed by atoms with van der Waals surface area (Å²) >= 11 is 6.05. The zero-order valence-electron chi connectivity index (χ0n) is 17.1. The first-order valence-electron chi connectivity index (χ1n) is 10.3. The Kier molecular flexibility index (Phi) is 6.00. The molecule has 0 saturated carbocycles. The predicted molar refractivity (Wildman–Crippen MR) is 124 cm³/mol. The summed E-state index contributed by atoms with van der Waals surface area (Å²) in [6, 6.07) is 14.6. The lowest BCUT2D eigenvalue weighted by Gasteiger charge is -2.25. The van der Waals surface area contributed by atoms with Crippen LogP contribution in [0.15, 0.2) is 54.2 Å². The number of anilines is 1. The van der Waals surface area contributed by atoms with E-state index in [9.17, 15) is 4.79 Å². The van der Waals surface area contributed by atoms with Crippen molar-refractivity contribution < 1.29 is 4.79 Å². The monoisotopic (exact) mass is 422 g/mol. The average Bonchev–Trinajstić information content (AvgIpc) is 2.94. The van der Waals surface area contributed by atoms with Crippen LogP contribution in [0.5, 0.6) is 0 Å². The molecule has 4 N–H and O–H groups in total. The zero-order valence-corrected chi connectivity index (χ0v) is 17.9. The van der Waals surface area contributed by atoms with E-state index in [1.54, 1.807) is 4.90 Å². The van der Waals surface area contributed by atoms with Gasteiger partial charge in [0.15, 0.2) is 0 Å². The molecule has 2 heterocycles. The third-order valence-corrected chi connectivity index (χ3v) is 6.02. The normalized spacial score (nSPS) is 20.4. The van der Waals surface area contributed by atoms with Crippen molar-refractivity contribution in [1.82, 2.24) is 10.2 Å². The summed E-state index contributed by atoms with van der Waals surface area (Å²) in [5.74, 6) is 0. The molecule has 5 nitrogen and oxygen atoms in total. The number of amides is 1. The molecule has 6 heteroatoms. The van der Waals surface area contributed by atoms with Gasteiger partial charge in [0.2, 0.25) is 6.41 Å². The smallest absolute Gasteiger partial charge is 0.209 e. The van der Waals surface area contributed by atoms with Crippen LogP contribution in [0, 0.1) is 0 Å². The van der Waals surface area contributed by atoms with E-state index in [2.05, 4.69) is 34.9 Å². The molecule has 0 aliphatic carbocycles. The molecule has 2 aromatic carbocycles. The Hall–Kier alpha value is -2.92. The number of nitrogens with two attached hydrogens (primary N) is 1. The summed E-state index contributed by atoms with van der Waals surface area (Å²) in [5.41, 5.74) is 13.9. The van der Waals surface area contributed by atoms with E-state index in [0.717, 1.165) is 60.0 Å². The Balaban J connectivity index is 1.73. The Morgan fingerprint density at radius 2 is 2.07 bits per heavy atom. The zero-order chi connectivity index (χ0) is 21.1. The summed E-state index contributed by atoms with van der Waals surface area (Å²) in [7, 11) is 0. The van der Waals surface area contributed by atoms with Crippen molar-refractivity contribution in [1.29, 1.82) is 0 Å². The summed E-state index contributed by atoms with van der Waals surface area (Å²) in [4.78, 5) is 12.8.